The first kappa shape index (κ1) is 21.4. The number of nitrogens with one attached hydrogen (secondary N) is 1. The van der Waals surface area contributed by atoms with Crippen molar-refractivity contribution in [3.05, 3.63) is 88.4 Å². The molecule has 0 fully saturated rings. The molecule has 0 radical (unpaired) electrons. The lowest BCUT2D eigenvalue weighted by molar-refractivity contribution is -0.113. The smallest absolute Gasteiger partial charge is 0.234 e. The Morgan fingerprint density at radius 2 is 1.58 bits per heavy atom. The van der Waals surface area contributed by atoms with Gasteiger partial charge in [0.15, 0.2) is 11.0 Å². The number of benzene rings is 3. The zero-order chi connectivity index (χ0) is 21.8. The van der Waals surface area contributed by atoms with Crippen molar-refractivity contribution in [2.24, 2.45) is 0 Å². The number of carbonyl (C=O) groups is 1. The van der Waals surface area contributed by atoms with Gasteiger partial charge in [0.2, 0.25) is 5.91 Å². The van der Waals surface area contributed by atoms with Gasteiger partial charge in [0.05, 0.1) is 5.75 Å². The number of aromatic nitrogens is 3. The quantitative estimate of drug-likeness (QED) is 0.338. The van der Waals surface area contributed by atoms with Crippen molar-refractivity contribution in [3.63, 3.8) is 0 Å². The Hall–Kier alpha value is -2.80. The fraction of sp³-hybridized carbons (Fsp3) is 0.0870. The van der Waals surface area contributed by atoms with E-state index in [1.807, 2.05) is 72.2 Å². The summed E-state index contributed by atoms with van der Waals surface area (Å²) in [4.78, 5) is 12.5. The molecule has 1 aromatic heterocycles. The van der Waals surface area contributed by atoms with Gasteiger partial charge in [-0.25, -0.2) is 0 Å². The molecule has 0 spiro atoms. The van der Waals surface area contributed by atoms with E-state index in [0.717, 1.165) is 22.5 Å². The minimum Gasteiger partial charge on any atom is -0.325 e. The number of aryl methyl sites for hydroxylation is 1. The van der Waals surface area contributed by atoms with Gasteiger partial charge in [-0.15, -0.1) is 10.2 Å². The SMILES string of the molecule is Cc1ccccc1NC(=O)CSc1nnc(-c2ccc(Cl)cc2)n1-c1ccc(Cl)cc1. The van der Waals surface area contributed by atoms with Crippen molar-refractivity contribution in [2.75, 3.05) is 11.1 Å². The van der Waals surface area contributed by atoms with Crippen LogP contribution in [0.3, 0.4) is 0 Å². The first-order chi connectivity index (χ1) is 15.0. The number of hydrogen-bond donors (Lipinski definition) is 1. The molecule has 0 saturated heterocycles. The van der Waals surface area contributed by atoms with Crippen molar-refractivity contribution in [1.82, 2.24) is 14.8 Å². The van der Waals surface area contributed by atoms with Crippen LogP contribution in [0.1, 0.15) is 5.56 Å². The van der Waals surface area contributed by atoms with Crippen LogP contribution < -0.4 is 5.32 Å². The molecule has 1 N–H and O–H groups in total. The van der Waals surface area contributed by atoms with Gasteiger partial charge in [-0.3, -0.25) is 9.36 Å². The Morgan fingerprint density at radius 3 is 2.26 bits per heavy atom. The first-order valence-corrected chi connectivity index (χ1v) is 11.2. The van der Waals surface area contributed by atoms with Gasteiger partial charge in [-0.1, -0.05) is 53.2 Å². The average Bonchev–Trinajstić information content (AvgIpc) is 3.19. The minimum atomic E-state index is -0.113. The molecule has 1 heterocycles. The van der Waals surface area contributed by atoms with Crippen LogP contribution in [0, 0.1) is 6.92 Å². The number of nitrogens with zero attached hydrogens (tertiary/aromatic N) is 3. The van der Waals surface area contributed by atoms with Crippen LogP contribution in [-0.4, -0.2) is 26.4 Å². The van der Waals surface area contributed by atoms with Gasteiger partial charge in [0.1, 0.15) is 0 Å². The van der Waals surface area contributed by atoms with Crippen molar-refractivity contribution in [3.8, 4) is 17.1 Å². The lowest BCUT2D eigenvalue weighted by Crippen LogP contribution is -2.15. The summed E-state index contributed by atoms with van der Waals surface area (Å²) in [6, 6.07) is 22.5. The molecule has 0 atom stereocenters. The molecule has 0 aliphatic rings. The number of para-hydroxylation sites is 1. The number of halogens is 2. The fourth-order valence-electron chi connectivity index (χ4n) is 3.00. The van der Waals surface area contributed by atoms with Crippen LogP contribution in [0.4, 0.5) is 5.69 Å². The Kier molecular flexibility index (Phi) is 6.61. The highest BCUT2D eigenvalue weighted by atomic mass is 35.5. The molecule has 8 heteroatoms. The molecular weight excluding hydrogens is 451 g/mol. The van der Waals surface area contributed by atoms with Crippen molar-refractivity contribution in [1.29, 1.82) is 0 Å². The predicted octanol–water partition coefficient (Wildman–Crippen LogP) is 6.28. The number of amides is 1. The number of anilines is 1. The highest BCUT2D eigenvalue weighted by Gasteiger charge is 2.17. The molecule has 0 aliphatic carbocycles. The van der Waals surface area contributed by atoms with Gasteiger partial charge in [-0.2, -0.15) is 0 Å². The largest absolute Gasteiger partial charge is 0.325 e. The third kappa shape index (κ3) is 5.10. The summed E-state index contributed by atoms with van der Waals surface area (Å²) in [5, 5.41) is 13.5. The molecule has 0 bridgehead atoms. The Morgan fingerprint density at radius 1 is 0.935 bits per heavy atom. The van der Waals surface area contributed by atoms with Crippen LogP contribution >= 0.6 is 35.0 Å². The Labute approximate surface area is 194 Å². The van der Waals surface area contributed by atoms with Crippen molar-refractivity contribution < 1.29 is 4.79 Å². The maximum Gasteiger partial charge on any atom is 0.234 e. The van der Waals surface area contributed by atoms with Gasteiger partial charge >= 0.3 is 0 Å². The molecule has 156 valence electrons. The molecule has 4 aromatic rings. The number of thioether (sulfide) groups is 1. The maximum atomic E-state index is 12.5. The lowest BCUT2D eigenvalue weighted by Gasteiger charge is -2.11. The predicted molar refractivity (Wildman–Crippen MR) is 127 cm³/mol. The summed E-state index contributed by atoms with van der Waals surface area (Å²) in [5.41, 5.74) is 3.52. The molecule has 0 aliphatic heterocycles. The molecule has 1 amide bonds. The van der Waals surface area contributed by atoms with E-state index >= 15 is 0 Å². The van der Waals surface area contributed by atoms with Gasteiger partial charge in [0, 0.05) is 27.0 Å². The lowest BCUT2D eigenvalue weighted by atomic mass is 10.2. The fourth-order valence-corrected chi connectivity index (χ4v) is 4.01. The van der Waals surface area contributed by atoms with Crippen LogP contribution in [0.25, 0.3) is 17.1 Å². The summed E-state index contributed by atoms with van der Waals surface area (Å²) < 4.78 is 1.91. The average molecular weight is 469 g/mol. The van der Waals surface area contributed by atoms with E-state index in [1.165, 1.54) is 11.8 Å². The summed E-state index contributed by atoms with van der Waals surface area (Å²) in [7, 11) is 0. The third-order valence-corrected chi connectivity index (χ3v) is 6.01. The van der Waals surface area contributed by atoms with Crippen molar-refractivity contribution in [2.45, 2.75) is 12.1 Å². The molecule has 0 unspecified atom stereocenters. The van der Waals surface area contributed by atoms with Gasteiger partial charge < -0.3 is 5.32 Å². The number of carbonyl (C=O) groups excluding carboxylic acids is 1. The van der Waals surface area contributed by atoms with Crippen LogP contribution in [-0.2, 0) is 4.79 Å². The summed E-state index contributed by atoms with van der Waals surface area (Å²) >= 11 is 13.4. The van der Waals surface area contributed by atoms with E-state index in [0.29, 0.717) is 21.0 Å². The number of rotatable bonds is 6. The molecule has 3 aromatic carbocycles. The topological polar surface area (TPSA) is 59.8 Å². The van der Waals surface area contributed by atoms with Crippen LogP contribution in [0.2, 0.25) is 10.0 Å². The third-order valence-electron chi connectivity index (χ3n) is 4.57. The highest BCUT2D eigenvalue weighted by molar-refractivity contribution is 7.99. The van der Waals surface area contributed by atoms with Crippen LogP contribution in [0.5, 0.6) is 0 Å². The van der Waals surface area contributed by atoms with E-state index < -0.39 is 0 Å². The van der Waals surface area contributed by atoms with E-state index in [9.17, 15) is 4.79 Å². The van der Waals surface area contributed by atoms with E-state index in [1.54, 1.807) is 12.1 Å². The monoisotopic (exact) mass is 468 g/mol. The molecular formula is C23H18Cl2N4OS. The zero-order valence-corrected chi connectivity index (χ0v) is 18.9. The van der Waals surface area contributed by atoms with Gasteiger partial charge in [-0.05, 0) is 67.1 Å². The summed E-state index contributed by atoms with van der Waals surface area (Å²) in [6.07, 6.45) is 0. The first-order valence-electron chi connectivity index (χ1n) is 9.47. The second-order valence-electron chi connectivity index (χ2n) is 6.78. The van der Waals surface area contributed by atoms with Crippen LogP contribution in [0.15, 0.2) is 78.0 Å². The molecule has 5 nitrogen and oxygen atoms in total. The summed E-state index contributed by atoms with van der Waals surface area (Å²) in [5.74, 6) is 0.736. The zero-order valence-electron chi connectivity index (χ0n) is 16.5. The van der Waals surface area contributed by atoms with E-state index in [2.05, 4.69) is 15.5 Å². The summed E-state index contributed by atoms with van der Waals surface area (Å²) in [6.45, 7) is 1.96. The molecule has 0 saturated carbocycles. The Bertz CT molecular complexity index is 1210. The molecule has 31 heavy (non-hydrogen) atoms. The highest BCUT2D eigenvalue weighted by Crippen LogP contribution is 2.29. The molecule has 4 rings (SSSR count). The second kappa shape index (κ2) is 9.56. The van der Waals surface area contributed by atoms with E-state index in [4.69, 9.17) is 23.2 Å². The second-order valence-corrected chi connectivity index (χ2v) is 8.59. The standard InChI is InChI=1S/C23H18Cl2N4OS/c1-15-4-2-3-5-20(15)26-21(30)14-31-23-28-27-22(16-6-8-17(24)9-7-16)29(23)19-12-10-18(25)11-13-19/h2-13H,14H2,1H3,(H,26,30). The van der Waals surface area contributed by atoms with Gasteiger partial charge in [0.25, 0.3) is 0 Å². The number of hydrogen-bond acceptors (Lipinski definition) is 4. The van der Waals surface area contributed by atoms with Crippen molar-refractivity contribution >= 4 is 46.6 Å². The Balaban J connectivity index is 1.61. The van der Waals surface area contributed by atoms with E-state index in [-0.39, 0.29) is 11.7 Å². The maximum absolute atomic E-state index is 12.5. The minimum absolute atomic E-state index is 0.113. The normalized spacial score (nSPS) is 10.8.